The summed E-state index contributed by atoms with van der Waals surface area (Å²) in [6, 6.07) is 11.0. The number of nitrogens with zero attached hydrogens (tertiary/aromatic N) is 2. The monoisotopic (exact) mass is 331 g/mol. The number of carbonyl (C=O) groups excluding carboxylic acids is 1. The van der Waals surface area contributed by atoms with Crippen LogP contribution in [0.1, 0.15) is 45.6 Å². The van der Waals surface area contributed by atoms with Crippen molar-refractivity contribution >= 4 is 5.91 Å². The van der Waals surface area contributed by atoms with Crippen LogP contribution in [0.2, 0.25) is 0 Å². The number of benzene rings is 1. The molecule has 24 heavy (non-hydrogen) atoms. The fraction of sp³-hybridized carbons (Fsp3) is 0.650. The van der Waals surface area contributed by atoms with E-state index in [0.717, 1.165) is 32.4 Å². The largest absolute Gasteiger partial charge is 0.341 e. The molecule has 2 rings (SSSR count). The van der Waals surface area contributed by atoms with Crippen molar-refractivity contribution in [2.45, 2.75) is 64.7 Å². The summed E-state index contributed by atoms with van der Waals surface area (Å²) < 4.78 is 0. The molecule has 0 saturated carbocycles. The van der Waals surface area contributed by atoms with E-state index in [-0.39, 0.29) is 17.9 Å². The molecule has 4 nitrogen and oxygen atoms in total. The highest BCUT2D eigenvalue weighted by atomic mass is 16.2. The van der Waals surface area contributed by atoms with Crippen molar-refractivity contribution in [1.29, 1.82) is 0 Å². The van der Waals surface area contributed by atoms with Crippen LogP contribution in [0.15, 0.2) is 30.3 Å². The van der Waals surface area contributed by atoms with Crippen molar-refractivity contribution in [3.05, 3.63) is 35.9 Å². The van der Waals surface area contributed by atoms with Gasteiger partial charge in [-0.25, -0.2) is 0 Å². The van der Waals surface area contributed by atoms with Crippen molar-refractivity contribution in [2.24, 2.45) is 11.7 Å². The van der Waals surface area contributed by atoms with Crippen LogP contribution in [0.3, 0.4) is 0 Å². The van der Waals surface area contributed by atoms with Gasteiger partial charge >= 0.3 is 0 Å². The predicted octanol–water partition coefficient (Wildman–Crippen LogP) is 2.87. The number of likely N-dealkylation sites (tertiary alicyclic amines) is 1. The molecule has 1 fully saturated rings. The number of rotatable bonds is 6. The highest BCUT2D eigenvalue weighted by molar-refractivity contribution is 5.82. The summed E-state index contributed by atoms with van der Waals surface area (Å²) >= 11 is 0. The van der Waals surface area contributed by atoms with E-state index in [0.29, 0.717) is 12.1 Å². The third kappa shape index (κ3) is 4.58. The van der Waals surface area contributed by atoms with E-state index in [4.69, 9.17) is 5.73 Å². The van der Waals surface area contributed by atoms with Gasteiger partial charge in [0.15, 0.2) is 0 Å². The smallest absolute Gasteiger partial charge is 0.239 e. The molecule has 0 radical (unpaired) electrons. The van der Waals surface area contributed by atoms with Gasteiger partial charge < -0.3 is 10.6 Å². The fourth-order valence-electron chi connectivity index (χ4n) is 3.51. The standard InChI is InChI=1S/C20H33N3O/c1-5-15(2)19(21)20(24)22(4)18-11-12-23(16(3)13-18)14-17-9-7-6-8-10-17/h6-10,15-16,18-19H,5,11-14,21H2,1-4H3. The predicted molar refractivity (Wildman–Crippen MR) is 99.5 cm³/mol. The molecule has 134 valence electrons. The summed E-state index contributed by atoms with van der Waals surface area (Å²) in [6.07, 6.45) is 2.97. The first-order valence-corrected chi connectivity index (χ1v) is 9.24. The summed E-state index contributed by atoms with van der Waals surface area (Å²) in [5.74, 6) is 0.327. The summed E-state index contributed by atoms with van der Waals surface area (Å²) in [5, 5.41) is 0. The lowest BCUT2D eigenvalue weighted by atomic mass is 9.94. The minimum absolute atomic E-state index is 0.0954. The van der Waals surface area contributed by atoms with Gasteiger partial charge in [-0.05, 0) is 31.2 Å². The van der Waals surface area contributed by atoms with Crippen molar-refractivity contribution < 1.29 is 4.79 Å². The first kappa shape index (κ1) is 18.9. The average Bonchev–Trinajstić information content (AvgIpc) is 2.61. The molecule has 1 aromatic carbocycles. The zero-order chi connectivity index (χ0) is 17.7. The number of likely N-dealkylation sites (N-methyl/N-ethyl adjacent to an activating group) is 1. The van der Waals surface area contributed by atoms with Gasteiger partial charge in [0.05, 0.1) is 6.04 Å². The minimum Gasteiger partial charge on any atom is -0.341 e. The van der Waals surface area contributed by atoms with Crippen molar-refractivity contribution in [2.75, 3.05) is 13.6 Å². The minimum atomic E-state index is -0.377. The molecule has 1 aliphatic heterocycles. The molecule has 4 atom stereocenters. The van der Waals surface area contributed by atoms with E-state index in [2.05, 4.69) is 56.0 Å². The molecule has 0 aliphatic carbocycles. The highest BCUT2D eigenvalue weighted by Crippen LogP contribution is 2.24. The third-order valence-corrected chi connectivity index (χ3v) is 5.65. The SMILES string of the molecule is CCC(C)C(N)C(=O)N(C)C1CCN(Cc2ccccc2)C(C)C1. The topological polar surface area (TPSA) is 49.6 Å². The Morgan fingerprint density at radius 1 is 1.38 bits per heavy atom. The molecule has 0 bridgehead atoms. The first-order chi connectivity index (χ1) is 11.4. The lowest BCUT2D eigenvalue weighted by Gasteiger charge is -2.42. The summed E-state index contributed by atoms with van der Waals surface area (Å²) in [7, 11) is 1.93. The van der Waals surface area contributed by atoms with E-state index in [9.17, 15) is 4.79 Å². The Bertz CT molecular complexity index is 519. The third-order valence-electron chi connectivity index (χ3n) is 5.65. The Balaban J connectivity index is 1.91. The lowest BCUT2D eigenvalue weighted by Crippen LogP contribution is -2.53. The molecule has 1 saturated heterocycles. The van der Waals surface area contributed by atoms with Crippen LogP contribution in [-0.4, -0.2) is 47.4 Å². The molecular weight excluding hydrogens is 298 g/mol. The quantitative estimate of drug-likeness (QED) is 0.872. The van der Waals surface area contributed by atoms with Gasteiger partial charge in [0.25, 0.3) is 0 Å². The summed E-state index contributed by atoms with van der Waals surface area (Å²) in [4.78, 5) is 17.0. The first-order valence-electron chi connectivity index (χ1n) is 9.24. The van der Waals surface area contributed by atoms with Gasteiger partial charge in [-0.2, -0.15) is 0 Å². The van der Waals surface area contributed by atoms with Crippen molar-refractivity contribution in [3.63, 3.8) is 0 Å². The van der Waals surface area contributed by atoms with Crippen LogP contribution < -0.4 is 5.73 Å². The zero-order valence-corrected chi connectivity index (χ0v) is 15.6. The Morgan fingerprint density at radius 2 is 2.04 bits per heavy atom. The number of piperidine rings is 1. The highest BCUT2D eigenvalue weighted by Gasteiger charge is 2.32. The van der Waals surface area contributed by atoms with Gasteiger partial charge in [0.2, 0.25) is 5.91 Å². The van der Waals surface area contributed by atoms with Gasteiger partial charge in [-0.15, -0.1) is 0 Å². The van der Waals surface area contributed by atoms with Gasteiger partial charge in [-0.3, -0.25) is 9.69 Å². The second-order valence-corrected chi connectivity index (χ2v) is 7.34. The molecule has 0 spiro atoms. The molecule has 4 unspecified atom stereocenters. The Morgan fingerprint density at radius 3 is 2.62 bits per heavy atom. The van der Waals surface area contributed by atoms with Crippen molar-refractivity contribution in [3.8, 4) is 0 Å². The van der Waals surface area contributed by atoms with Crippen LogP contribution in [-0.2, 0) is 11.3 Å². The Hall–Kier alpha value is -1.39. The van der Waals surface area contributed by atoms with E-state index in [1.165, 1.54) is 5.56 Å². The normalized spacial score (nSPS) is 24.4. The number of carbonyl (C=O) groups is 1. The van der Waals surface area contributed by atoms with Gasteiger partial charge in [-0.1, -0.05) is 50.6 Å². The number of nitrogens with two attached hydrogens (primary N) is 1. The molecule has 0 aromatic heterocycles. The maximum atomic E-state index is 12.6. The zero-order valence-electron chi connectivity index (χ0n) is 15.6. The molecular formula is C20H33N3O. The molecule has 1 amide bonds. The maximum absolute atomic E-state index is 12.6. The van der Waals surface area contributed by atoms with Crippen LogP contribution in [0.5, 0.6) is 0 Å². The number of hydrogen-bond donors (Lipinski definition) is 1. The maximum Gasteiger partial charge on any atom is 0.239 e. The van der Waals surface area contributed by atoms with Crippen LogP contribution in [0.4, 0.5) is 0 Å². The van der Waals surface area contributed by atoms with Crippen LogP contribution in [0.25, 0.3) is 0 Å². The van der Waals surface area contributed by atoms with E-state index in [1.807, 2.05) is 11.9 Å². The molecule has 2 N–H and O–H groups in total. The summed E-state index contributed by atoms with van der Waals surface area (Å²) in [5.41, 5.74) is 7.49. The van der Waals surface area contributed by atoms with E-state index in [1.54, 1.807) is 0 Å². The number of amides is 1. The second kappa shape index (κ2) is 8.63. The van der Waals surface area contributed by atoms with Gasteiger partial charge in [0.1, 0.15) is 0 Å². The van der Waals surface area contributed by atoms with Crippen molar-refractivity contribution in [1.82, 2.24) is 9.80 Å². The molecule has 1 aliphatic rings. The van der Waals surface area contributed by atoms with Crippen LogP contribution in [0, 0.1) is 5.92 Å². The lowest BCUT2D eigenvalue weighted by molar-refractivity contribution is -0.135. The number of hydrogen-bond acceptors (Lipinski definition) is 3. The second-order valence-electron chi connectivity index (χ2n) is 7.34. The fourth-order valence-corrected chi connectivity index (χ4v) is 3.51. The Kier molecular flexibility index (Phi) is 6.81. The average molecular weight is 332 g/mol. The van der Waals surface area contributed by atoms with Gasteiger partial charge in [0, 0.05) is 32.2 Å². The molecule has 1 aromatic rings. The molecule has 1 heterocycles. The Labute approximate surface area is 147 Å². The van der Waals surface area contributed by atoms with E-state index < -0.39 is 0 Å². The molecule has 4 heteroatoms. The summed E-state index contributed by atoms with van der Waals surface area (Å²) in [6.45, 7) is 8.42. The van der Waals surface area contributed by atoms with Crippen LogP contribution >= 0.6 is 0 Å². The van der Waals surface area contributed by atoms with E-state index >= 15 is 0 Å².